The van der Waals surface area contributed by atoms with Crippen molar-refractivity contribution < 1.29 is 4.46 Å². The Hall–Kier alpha value is 0.234. The second kappa shape index (κ2) is 3.96. The molecule has 1 nitrogen and oxygen atoms in total. The van der Waals surface area contributed by atoms with Gasteiger partial charge in [-0.3, -0.25) is 0 Å². The Morgan fingerprint density at radius 2 is 1.67 bits per heavy atom. The Morgan fingerprint density at radius 3 is 1.92 bits per heavy atom. The average Bonchev–Trinajstić information content (AvgIpc) is 1.84. The van der Waals surface area contributed by atoms with Crippen LogP contribution in [0.15, 0.2) is 0 Å². The Labute approximate surface area is 79.2 Å². The topological polar surface area (TPSA) is 17.1 Å². The summed E-state index contributed by atoms with van der Waals surface area (Å²) in [5, 5.41) is 0.332. The third-order valence-electron chi connectivity index (χ3n) is 3.06. The van der Waals surface area contributed by atoms with Crippen LogP contribution in [0.5, 0.6) is 0 Å². The first kappa shape index (κ1) is 12.2. The predicted octanol–water partition coefficient (Wildman–Crippen LogP) is 3.55. The zero-order valence-electron chi connectivity index (χ0n) is 9.32. The molecular weight excluding hydrogens is 180 g/mol. The van der Waals surface area contributed by atoms with Gasteiger partial charge in [-0.1, -0.05) is 40.4 Å². The summed E-state index contributed by atoms with van der Waals surface area (Å²) in [6.07, 6.45) is 0. The highest BCUT2D eigenvalue weighted by Gasteiger charge is 2.36. The van der Waals surface area contributed by atoms with E-state index < -0.39 is 16.8 Å². The highest BCUT2D eigenvalue weighted by atomic mass is 28.3. The second-order valence-electron chi connectivity index (χ2n) is 5.20. The second-order valence-corrected chi connectivity index (χ2v) is 13.2. The molecular formula is C9H22OSi2. The third-order valence-corrected chi connectivity index (χ3v) is 9.72. The van der Waals surface area contributed by atoms with E-state index in [0.717, 1.165) is 12.1 Å². The van der Waals surface area contributed by atoms with Gasteiger partial charge in [0.25, 0.3) is 8.68 Å². The van der Waals surface area contributed by atoms with Gasteiger partial charge in [-0.15, -0.1) is 0 Å². The molecule has 0 aliphatic rings. The Balaban J connectivity index is 4.33. The van der Waals surface area contributed by atoms with Crippen molar-refractivity contribution in [1.29, 1.82) is 0 Å². The summed E-state index contributed by atoms with van der Waals surface area (Å²) < 4.78 is 11.5. The van der Waals surface area contributed by atoms with Crippen molar-refractivity contribution in [3.8, 4) is 0 Å². The van der Waals surface area contributed by atoms with Crippen LogP contribution >= 0.6 is 0 Å². The monoisotopic (exact) mass is 202 g/mol. The van der Waals surface area contributed by atoms with E-state index in [1.54, 1.807) is 0 Å². The molecule has 0 aliphatic heterocycles. The molecule has 0 N–H and O–H groups in total. The van der Waals surface area contributed by atoms with E-state index in [-0.39, 0.29) is 0 Å². The SMILES string of the molecule is CC[Si](=O)CC(C)(C)[Si](C)(C)C. The Kier molecular flexibility index (Phi) is 4.04. The summed E-state index contributed by atoms with van der Waals surface area (Å²) >= 11 is 0. The van der Waals surface area contributed by atoms with E-state index in [1.807, 2.05) is 6.92 Å². The zero-order valence-corrected chi connectivity index (χ0v) is 11.3. The first-order valence-corrected chi connectivity index (χ1v) is 10.0. The number of rotatable bonds is 4. The molecule has 0 rings (SSSR count). The fourth-order valence-electron chi connectivity index (χ4n) is 0.883. The standard InChI is InChI=1S/C9H22OSi2/c1-7-11(10)8-9(2,3)12(4,5)6/h7-8H2,1-6H3. The summed E-state index contributed by atoms with van der Waals surface area (Å²) in [5.41, 5.74) is 0. The van der Waals surface area contributed by atoms with E-state index in [4.69, 9.17) is 0 Å². The highest BCUT2D eigenvalue weighted by Crippen LogP contribution is 2.41. The van der Waals surface area contributed by atoms with Crippen LogP contribution in [0.3, 0.4) is 0 Å². The lowest BCUT2D eigenvalue weighted by atomic mass is 10.2. The largest absolute Gasteiger partial charge is 0.388 e. The van der Waals surface area contributed by atoms with E-state index in [2.05, 4.69) is 33.5 Å². The van der Waals surface area contributed by atoms with E-state index in [1.165, 1.54) is 0 Å². The molecule has 0 aliphatic carbocycles. The lowest BCUT2D eigenvalue weighted by molar-refractivity contribution is 0.547. The highest BCUT2D eigenvalue weighted by molar-refractivity contribution is 6.79. The van der Waals surface area contributed by atoms with Gasteiger partial charge in [0.2, 0.25) is 0 Å². The smallest absolute Gasteiger partial charge is 0.276 e. The first-order chi connectivity index (χ1) is 5.20. The average molecular weight is 202 g/mol. The van der Waals surface area contributed by atoms with Crippen molar-refractivity contribution in [3.63, 3.8) is 0 Å². The zero-order chi connectivity index (χ0) is 9.99. The molecule has 0 amide bonds. The molecule has 0 unspecified atom stereocenters. The fourth-order valence-corrected chi connectivity index (χ4v) is 4.83. The van der Waals surface area contributed by atoms with Gasteiger partial charge in [-0.2, -0.15) is 0 Å². The van der Waals surface area contributed by atoms with Gasteiger partial charge in [0, 0.05) is 0 Å². The van der Waals surface area contributed by atoms with Crippen molar-refractivity contribution in [2.45, 2.75) is 57.5 Å². The number of hydrogen-bond acceptors (Lipinski definition) is 1. The van der Waals surface area contributed by atoms with Crippen LogP contribution in [0, 0.1) is 0 Å². The van der Waals surface area contributed by atoms with Crippen LogP contribution in [0.25, 0.3) is 0 Å². The molecule has 0 aromatic rings. The fraction of sp³-hybridized carbons (Fsp3) is 1.00. The maximum absolute atomic E-state index is 11.5. The summed E-state index contributed by atoms with van der Waals surface area (Å²) in [7, 11) is -2.42. The molecule has 0 heterocycles. The summed E-state index contributed by atoms with van der Waals surface area (Å²) in [5.74, 6) is 0. The van der Waals surface area contributed by atoms with Gasteiger partial charge in [-0.25, -0.2) is 0 Å². The Bertz CT molecular complexity index is 168. The van der Waals surface area contributed by atoms with Crippen molar-refractivity contribution >= 4 is 16.8 Å². The molecule has 0 bridgehead atoms. The maximum atomic E-state index is 11.5. The molecule has 0 spiro atoms. The molecule has 0 aromatic carbocycles. The molecule has 0 saturated carbocycles. The normalized spacial score (nSPS) is 13.2. The summed E-state index contributed by atoms with van der Waals surface area (Å²) in [4.78, 5) is 0. The van der Waals surface area contributed by atoms with Crippen molar-refractivity contribution in [3.05, 3.63) is 0 Å². The molecule has 12 heavy (non-hydrogen) atoms. The van der Waals surface area contributed by atoms with Gasteiger partial charge in [0.05, 0.1) is 8.07 Å². The van der Waals surface area contributed by atoms with Crippen LogP contribution in [-0.2, 0) is 4.46 Å². The predicted molar refractivity (Wildman–Crippen MR) is 59.1 cm³/mol. The molecule has 72 valence electrons. The maximum Gasteiger partial charge on any atom is 0.276 e. The summed E-state index contributed by atoms with van der Waals surface area (Å²) in [6, 6.07) is 1.82. The van der Waals surface area contributed by atoms with Crippen LogP contribution in [-0.4, -0.2) is 16.8 Å². The lowest BCUT2D eigenvalue weighted by Crippen LogP contribution is -2.36. The van der Waals surface area contributed by atoms with Gasteiger partial charge in [0.15, 0.2) is 0 Å². The van der Waals surface area contributed by atoms with Gasteiger partial charge in [-0.05, 0) is 17.1 Å². The van der Waals surface area contributed by atoms with Crippen molar-refractivity contribution in [2.75, 3.05) is 0 Å². The lowest BCUT2D eigenvalue weighted by Gasteiger charge is -2.36. The molecule has 0 radical (unpaired) electrons. The minimum Gasteiger partial charge on any atom is -0.388 e. The molecule has 0 fully saturated rings. The van der Waals surface area contributed by atoms with Gasteiger partial charge >= 0.3 is 0 Å². The Morgan fingerprint density at radius 1 is 1.25 bits per heavy atom. The van der Waals surface area contributed by atoms with E-state index in [9.17, 15) is 4.46 Å². The first-order valence-electron chi connectivity index (χ1n) is 4.72. The van der Waals surface area contributed by atoms with Gasteiger partial charge < -0.3 is 4.46 Å². The van der Waals surface area contributed by atoms with E-state index in [0.29, 0.717) is 5.04 Å². The van der Waals surface area contributed by atoms with Crippen LogP contribution in [0.2, 0.25) is 36.8 Å². The molecule has 0 aromatic heterocycles. The third kappa shape index (κ3) is 3.31. The molecule has 0 atom stereocenters. The molecule has 0 saturated heterocycles. The van der Waals surface area contributed by atoms with Crippen molar-refractivity contribution in [2.24, 2.45) is 0 Å². The molecule has 3 heteroatoms. The minimum absolute atomic E-state index is 0.332. The van der Waals surface area contributed by atoms with Crippen LogP contribution in [0.1, 0.15) is 20.8 Å². The van der Waals surface area contributed by atoms with Crippen LogP contribution in [0.4, 0.5) is 0 Å². The summed E-state index contributed by atoms with van der Waals surface area (Å²) in [6.45, 7) is 13.7. The van der Waals surface area contributed by atoms with E-state index >= 15 is 0 Å². The number of hydrogen-bond donors (Lipinski definition) is 0. The minimum atomic E-state index is -1.28. The van der Waals surface area contributed by atoms with Gasteiger partial charge in [0.1, 0.15) is 0 Å². The van der Waals surface area contributed by atoms with Crippen molar-refractivity contribution in [1.82, 2.24) is 0 Å². The quantitative estimate of drug-likeness (QED) is 0.637. The van der Waals surface area contributed by atoms with Crippen LogP contribution < -0.4 is 0 Å².